The molecule has 0 saturated heterocycles. The smallest absolute Gasteiger partial charge is 0.355 e. The van der Waals surface area contributed by atoms with Crippen LogP contribution in [0.1, 0.15) is 20.3 Å². The average Bonchev–Trinajstić information content (AvgIpc) is 2.65. The number of amides is 1. The summed E-state index contributed by atoms with van der Waals surface area (Å²) in [5, 5.41) is 10.1. The van der Waals surface area contributed by atoms with Crippen LogP contribution in [0.5, 0.6) is 0 Å². The predicted octanol–water partition coefficient (Wildman–Crippen LogP) is 1.10. The van der Waals surface area contributed by atoms with Gasteiger partial charge in [-0.25, -0.2) is 9.78 Å². The van der Waals surface area contributed by atoms with Crippen LogP contribution < -0.4 is 0 Å². The van der Waals surface area contributed by atoms with Crippen LogP contribution in [0, 0.1) is 0 Å². The fourth-order valence-electron chi connectivity index (χ4n) is 0.910. The molecule has 0 bridgehead atoms. The monoisotopic (exact) mass is 226 g/mol. The fraction of sp³-hybridized carbons (Fsp3) is 0.222. The molecule has 80 valence electrons. The molecule has 0 unspecified atom stereocenters. The Morgan fingerprint density at radius 1 is 1.73 bits per heavy atom. The fourth-order valence-corrected chi connectivity index (χ4v) is 1.69. The number of carboxylic acids is 1. The number of aromatic nitrogens is 1. The van der Waals surface area contributed by atoms with Gasteiger partial charge in [-0.1, -0.05) is 6.08 Å². The molecule has 1 amide bonds. The second kappa shape index (κ2) is 4.70. The molecule has 0 saturated carbocycles. The molecule has 15 heavy (non-hydrogen) atoms. The zero-order chi connectivity index (χ0) is 11.4. The molecule has 1 rings (SSSR count). The second-order valence-corrected chi connectivity index (χ2v) is 3.68. The first-order valence-corrected chi connectivity index (χ1v) is 4.99. The number of aromatic carboxylic acids is 1. The van der Waals surface area contributed by atoms with E-state index in [-0.39, 0.29) is 16.6 Å². The largest absolute Gasteiger partial charge is 0.476 e. The summed E-state index contributed by atoms with van der Waals surface area (Å²) in [6, 6.07) is 0. The minimum atomic E-state index is -1.13. The van der Waals surface area contributed by atoms with Gasteiger partial charge in [-0.15, -0.1) is 17.9 Å². The van der Waals surface area contributed by atoms with E-state index in [0.29, 0.717) is 6.54 Å². The number of carboxylic acid groups (broad SMARTS) is 1. The summed E-state index contributed by atoms with van der Waals surface area (Å²) in [5.74, 6) is -1.43. The molecule has 0 aromatic carbocycles. The Morgan fingerprint density at radius 2 is 2.40 bits per heavy atom. The number of nitrogens with zero attached hydrogens (tertiary/aromatic N) is 2. The third-order valence-corrected chi connectivity index (χ3v) is 2.49. The summed E-state index contributed by atoms with van der Waals surface area (Å²) in [6.45, 7) is 3.91. The molecule has 0 spiro atoms. The summed E-state index contributed by atoms with van der Waals surface area (Å²) in [6.07, 6.45) is 1.59. The van der Waals surface area contributed by atoms with Crippen LogP contribution >= 0.6 is 11.3 Å². The van der Waals surface area contributed by atoms with Crippen molar-refractivity contribution >= 4 is 23.2 Å². The van der Waals surface area contributed by atoms with Crippen molar-refractivity contribution in [2.75, 3.05) is 13.6 Å². The normalized spacial score (nSPS) is 9.67. The molecule has 0 aliphatic carbocycles. The molecule has 5 nitrogen and oxygen atoms in total. The number of thiazole rings is 1. The first kappa shape index (κ1) is 11.4. The van der Waals surface area contributed by atoms with Crippen molar-refractivity contribution in [3.05, 3.63) is 28.7 Å². The van der Waals surface area contributed by atoms with Gasteiger partial charge in [0.15, 0.2) is 10.7 Å². The summed E-state index contributed by atoms with van der Waals surface area (Å²) < 4.78 is 0. The number of rotatable bonds is 4. The van der Waals surface area contributed by atoms with Crippen molar-refractivity contribution in [1.29, 1.82) is 0 Å². The van der Waals surface area contributed by atoms with Crippen molar-refractivity contribution in [2.24, 2.45) is 0 Å². The second-order valence-electron chi connectivity index (χ2n) is 2.82. The Labute approximate surface area is 90.7 Å². The summed E-state index contributed by atoms with van der Waals surface area (Å²) >= 11 is 1.02. The van der Waals surface area contributed by atoms with E-state index in [4.69, 9.17) is 5.11 Å². The van der Waals surface area contributed by atoms with Gasteiger partial charge in [-0.2, -0.15) is 0 Å². The molecule has 0 atom stereocenters. The molecule has 1 aromatic heterocycles. The molecular weight excluding hydrogens is 216 g/mol. The average molecular weight is 226 g/mol. The van der Waals surface area contributed by atoms with E-state index in [1.54, 1.807) is 13.1 Å². The van der Waals surface area contributed by atoms with E-state index in [1.165, 1.54) is 10.3 Å². The first-order valence-electron chi connectivity index (χ1n) is 4.11. The van der Waals surface area contributed by atoms with Crippen LogP contribution in [-0.2, 0) is 0 Å². The SMILES string of the molecule is C=CCN(C)C(=O)c1nc(C(=O)O)cs1. The highest BCUT2D eigenvalue weighted by Gasteiger charge is 2.17. The Bertz CT molecular complexity index is 400. The highest BCUT2D eigenvalue weighted by molar-refractivity contribution is 7.11. The van der Waals surface area contributed by atoms with Gasteiger partial charge in [-0.3, -0.25) is 4.79 Å². The number of carbonyl (C=O) groups is 2. The van der Waals surface area contributed by atoms with Gasteiger partial charge in [-0.05, 0) is 0 Å². The summed E-state index contributed by atoms with van der Waals surface area (Å²) in [7, 11) is 1.60. The van der Waals surface area contributed by atoms with Crippen LogP contribution in [0.15, 0.2) is 18.0 Å². The van der Waals surface area contributed by atoms with Crippen LogP contribution in [0.3, 0.4) is 0 Å². The number of hydrogen-bond donors (Lipinski definition) is 1. The van der Waals surface area contributed by atoms with E-state index in [0.717, 1.165) is 11.3 Å². The topological polar surface area (TPSA) is 70.5 Å². The highest BCUT2D eigenvalue weighted by atomic mass is 32.1. The molecule has 6 heteroatoms. The van der Waals surface area contributed by atoms with E-state index >= 15 is 0 Å². The van der Waals surface area contributed by atoms with Gasteiger partial charge in [0.2, 0.25) is 0 Å². The van der Waals surface area contributed by atoms with E-state index < -0.39 is 5.97 Å². The van der Waals surface area contributed by atoms with Crippen molar-refractivity contribution in [3.63, 3.8) is 0 Å². The molecule has 1 aromatic rings. The molecule has 0 aliphatic rings. The van der Waals surface area contributed by atoms with Gasteiger partial charge >= 0.3 is 5.97 Å². The minimum absolute atomic E-state index is 0.102. The van der Waals surface area contributed by atoms with E-state index in [1.807, 2.05) is 0 Å². The number of carbonyl (C=O) groups excluding carboxylic acids is 1. The molecule has 0 aliphatic heterocycles. The van der Waals surface area contributed by atoms with Crippen molar-refractivity contribution in [1.82, 2.24) is 9.88 Å². The standard InChI is InChI=1S/C9H10N2O3S/c1-3-4-11(2)8(12)7-10-6(5-15-7)9(13)14/h3,5H,1,4H2,2H3,(H,13,14). The van der Waals surface area contributed by atoms with Gasteiger partial charge in [0.1, 0.15) is 0 Å². The minimum Gasteiger partial charge on any atom is -0.476 e. The van der Waals surface area contributed by atoms with Gasteiger partial charge in [0.05, 0.1) is 0 Å². The van der Waals surface area contributed by atoms with Gasteiger partial charge in [0, 0.05) is 19.0 Å². The Kier molecular flexibility index (Phi) is 3.56. The Balaban J connectivity index is 2.82. The quantitative estimate of drug-likeness (QED) is 0.780. The lowest BCUT2D eigenvalue weighted by molar-refractivity contribution is 0.0691. The zero-order valence-corrected chi connectivity index (χ0v) is 8.95. The van der Waals surface area contributed by atoms with Crippen LogP contribution in [0.4, 0.5) is 0 Å². The van der Waals surface area contributed by atoms with Gasteiger partial charge in [0.25, 0.3) is 5.91 Å². The maximum Gasteiger partial charge on any atom is 0.355 e. The van der Waals surface area contributed by atoms with Crippen LogP contribution in [0.2, 0.25) is 0 Å². The third kappa shape index (κ3) is 2.63. The molecule has 1 N–H and O–H groups in total. The summed E-state index contributed by atoms with van der Waals surface area (Å²) in [4.78, 5) is 27.3. The maximum absolute atomic E-state index is 11.6. The first-order chi connectivity index (χ1) is 7.06. The zero-order valence-electron chi connectivity index (χ0n) is 8.14. The third-order valence-electron chi connectivity index (χ3n) is 1.66. The van der Waals surface area contributed by atoms with Crippen molar-refractivity contribution < 1.29 is 14.7 Å². The van der Waals surface area contributed by atoms with Crippen molar-refractivity contribution in [3.8, 4) is 0 Å². The summed E-state index contributed by atoms with van der Waals surface area (Å²) in [5.41, 5.74) is -0.102. The van der Waals surface area contributed by atoms with Crippen LogP contribution in [-0.4, -0.2) is 40.5 Å². The highest BCUT2D eigenvalue weighted by Crippen LogP contribution is 2.11. The van der Waals surface area contributed by atoms with Gasteiger partial charge < -0.3 is 10.0 Å². The molecular formula is C9H10N2O3S. The van der Waals surface area contributed by atoms with Crippen LogP contribution in [0.25, 0.3) is 0 Å². The number of hydrogen-bond acceptors (Lipinski definition) is 4. The molecule has 0 fully saturated rings. The molecule has 1 heterocycles. The van der Waals surface area contributed by atoms with E-state index in [9.17, 15) is 9.59 Å². The number of likely N-dealkylation sites (N-methyl/N-ethyl adjacent to an activating group) is 1. The molecule has 0 radical (unpaired) electrons. The lowest BCUT2D eigenvalue weighted by atomic mass is 10.4. The Morgan fingerprint density at radius 3 is 2.87 bits per heavy atom. The van der Waals surface area contributed by atoms with Crippen molar-refractivity contribution in [2.45, 2.75) is 0 Å². The predicted molar refractivity (Wildman–Crippen MR) is 56.2 cm³/mol. The lowest BCUT2D eigenvalue weighted by Crippen LogP contribution is -2.26. The van der Waals surface area contributed by atoms with E-state index in [2.05, 4.69) is 11.6 Å². The Hall–Kier alpha value is -1.69. The maximum atomic E-state index is 11.6. The lowest BCUT2D eigenvalue weighted by Gasteiger charge is -2.11.